The Labute approximate surface area is 124 Å². The number of rotatable bonds is 5. The number of hydrogen-bond acceptors (Lipinski definition) is 2. The molecule has 2 rings (SSSR count). The Kier molecular flexibility index (Phi) is 5.11. The largest absolute Gasteiger partial charge is 0.353 e. The van der Waals surface area contributed by atoms with Gasteiger partial charge in [-0.15, -0.1) is 0 Å². The number of nitrogens with one attached hydrogen (secondary N) is 2. The highest BCUT2D eigenvalue weighted by Gasteiger charge is 2.34. The van der Waals surface area contributed by atoms with Gasteiger partial charge in [0.2, 0.25) is 5.91 Å². The van der Waals surface area contributed by atoms with Gasteiger partial charge >= 0.3 is 0 Å². The van der Waals surface area contributed by atoms with Gasteiger partial charge < -0.3 is 10.6 Å². The molecule has 0 aromatic rings. The zero-order valence-electron chi connectivity index (χ0n) is 13.7. The molecular formula is C17H32N2O. The van der Waals surface area contributed by atoms with Crippen LogP contribution in [0.15, 0.2) is 0 Å². The minimum Gasteiger partial charge on any atom is -0.353 e. The molecule has 116 valence electrons. The number of carbonyl (C=O) groups excluding carboxylic acids is 1. The Morgan fingerprint density at radius 2 is 1.85 bits per heavy atom. The van der Waals surface area contributed by atoms with E-state index in [1.165, 1.54) is 19.3 Å². The molecule has 2 aliphatic rings. The summed E-state index contributed by atoms with van der Waals surface area (Å²) in [6.45, 7) is 11.2. The first kappa shape index (κ1) is 15.8. The van der Waals surface area contributed by atoms with Crippen LogP contribution >= 0.6 is 0 Å². The normalized spacial score (nSPS) is 29.6. The second-order valence-electron chi connectivity index (χ2n) is 7.61. The maximum atomic E-state index is 12.2. The Morgan fingerprint density at radius 3 is 2.30 bits per heavy atom. The molecule has 3 nitrogen and oxygen atoms in total. The molecule has 20 heavy (non-hydrogen) atoms. The molecule has 0 radical (unpaired) electrons. The molecule has 1 saturated heterocycles. The van der Waals surface area contributed by atoms with Crippen LogP contribution in [0.5, 0.6) is 0 Å². The first-order valence-corrected chi connectivity index (χ1v) is 8.45. The summed E-state index contributed by atoms with van der Waals surface area (Å²) >= 11 is 0. The van der Waals surface area contributed by atoms with E-state index >= 15 is 0 Å². The Bertz CT molecular complexity index is 328. The Hall–Kier alpha value is -0.570. The number of hydrogen-bond donors (Lipinski definition) is 2. The summed E-state index contributed by atoms with van der Waals surface area (Å²) in [6.07, 6.45) is 6.11. The van der Waals surface area contributed by atoms with Crippen molar-refractivity contribution in [3.8, 4) is 0 Å². The van der Waals surface area contributed by atoms with Crippen molar-refractivity contribution in [2.75, 3.05) is 13.1 Å². The minimum absolute atomic E-state index is 0.168. The van der Waals surface area contributed by atoms with Crippen LogP contribution in [0.25, 0.3) is 0 Å². The van der Waals surface area contributed by atoms with Crippen molar-refractivity contribution < 1.29 is 4.79 Å². The molecule has 0 bridgehead atoms. The van der Waals surface area contributed by atoms with Crippen molar-refractivity contribution in [1.29, 1.82) is 0 Å². The lowest BCUT2D eigenvalue weighted by molar-refractivity contribution is -0.127. The van der Waals surface area contributed by atoms with Gasteiger partial charge in [0.25, 0.3) is 0 Å². The summed E-state index contributed by atoms with van der Waals surface area (Å²) in [5.41, 5.74) is 0.458. The van der Waals surface area contributed by atoms with Crippen LogP contribution in [0.4, 0.5) is 0 Å². The van der Waals surface area contributed by atoms with Crippen molar-refractivity contribution >= 4 is 5.91 Å². The Morgan fingerprint density at radius 1 is 1.25 bits per heavy atom. The fourth-order valence-corrected chi connectivity index (χ4v) is 3.52. The minimum atomic E-state index is 0.168. The van der Waals surface area contributed by atoms with Gasteiger partial charge in [0, 0.05) is 12.0 Å². The summed E-state index contributed by atoms with van der Waals surface area (Å²) in [5, 5.41) is 6.54. The first-order valence-electron chi connectivity index (χ1n) is 8.45. The smallest absolute Gasteiger partial charge is 0.223 e. The van der Waals surface area contributed by atoms with Gasteiger partial charge in [-0.05, 0) is 56.0 Å². The van der Waals surface area contributed by atoms with Crippen LogP contribution < -0.4 is 10.6 Å². The summed E-state index contributed by atoms with van der Waals surface area (Å²) in [7, 11) is 0. The standard InChI is InChI=1S/C17H32N2O/c1-5-17(3,4)14-6-8-15(9-7-14)19-16(20)12(2)13-10-18-11-13/h12-15,18H,5-11H2,1-4H3,(H,19,20). The van der Waals surface area contributed by atoms with Crippen molar-refractivity contribution in [2.45, 2.75) is 65.8 Å². The van der Waals surface area contributed by atoms with Gasteiger partial charge in [-0.3, -0.25) is 4.79 Å². The van der Waals surface area contributed by atoms with Gasteiger partial charge in [-0.2, -0.15) is 0 Å². The lowest BCUT2D eigenvalue weighted by Crippen LogP contribution is -2.51. The number of amides is 1. The van der Waals surface area contributed by atoms with Gasteiger partial charge in [0.15, 0.2) is 0 Å². The fourth-order valence-electron chi connectivity index (χ4n) is 3.52. The molecule has 3 heteroatoms. The molecule has 1 unspecified atom stereocenters. The van der Waals surface area contributed by atoms with E-state index in [1.54, 1.807) is 0 Å². The molecule has 1 aliphatic heterocycles. The van der Waals surface area contributed by atoms with E-state index in [9.17, 15) is 4.79 Å². The first-order chi connectivity index (χ1) is 9.44. The zero-order chi connectivity index (χ0) is 14.8. The van der Waals surface area contributed by atoms with Crippen molar-refractivity contribution in [3.05, 3.63) is 0 Å². The van der Waals surface area contributed by atoms with Gasteiger partial charge in [0.05, 0.1) is 0 Å². The van der Waals surface area contributed by atoms with Gasteiger partial charge in [0.1, 0.15) is 0 Å². The molecule has 1 amide bonds. The monoisotopic (exact) mass is 280 g/mol. The summed E-state index contributed by atoms with van der Waals surface area (Å²) in [6, 6.07) is 0.418. The van der Waals surface area contributed by atoms with E-state index in [2.05, 4.69) is 38.3 Å². The quantitative estimate of drug-likeness (QED) is 0.813. The average molecular weight is 280 g/mol. The lowest BCUT2D eigenvalue weighted by Gasteiger charge is -2.39. The zero-order valence-corrected chi connectivity index (χ0v) is 13.7. The molecule has 0 aromatic heterocycles. The van der Waals surface area contributed by atoms with Gasteiger partial charge in [-0.1, -0.05) is 34.1 Å². The molecule has 0 aromatic carbocycles. The lowest BCUT2D eigenvalue weighted by atomic mass is 9.69. The second-order valence-corrected chi connectivity index (χ2v) is 7.61. The van der Waals surface area contributed by atoms with Crippen LogP contribution in [0.1, 0.15) is 59.8 Å². The highest BCUT2D eigenvalue weighted by Crippen LogP contribution is 2.40. The molecule has 1 saturated carbocycles. The molecule has 2 N–H and O–H groups in total. The molecule has 1 aliphatic carbocycles. The van der Waals surface area contributed by atoms with Crippen LogP contribution in [-0.2, 0) is 4.79 Å². The Balaban J connectivity index is 1.75. The van der Waals surface area contributed by atoms with E-state index in [0.29, 0.717) is 17.4 Å². The molecule has 1 atom stereocenters. The van der Waals surface area contributed by atoms with E-state index in [4.69, 9.17) is 0 Å². The SMILES string of the molecule is CCC(C)(C)C1CCC(NC(=O)C(C)C2CNC2)CC1. The van der Waals surface area contributed by atoms with E-state index in [1.807, 2.05) is 0 Å². The fraction of sp³-hybridized carbons (Fsp3) is 0.941. The van der Waals surface area contributed by atoms with E-state index in [0.717, 1.165) is 31.8 Å². The maximum Gasteiger partial charge on any atom is 0.223 e. The average Bonchev–Trinajstić information content (AvgIpc) is 2.37. The predicted octanol–water partition coefficient (Wildman–Crippen LogP) is 2.95. The topological polar surface area (TPSA) is 41.1 Å². The number of carbonyl (C=O) groups is 1. The summed E-state index contributed by atoms with van der Waals surface area (Å²) in [5.74, 6) is 1.81. The maximum absolute atomic E-state index is 12.2. The van der Waals surface area contributed by atoms with Gasteiger partial charge in [-0.25, -0.2) is 0 Å². The van der Waals surface area contributed by atoms with Crippen LogP contribution in [0.2, 0.25) is 0 Å². The molecule has 1 heterocycles. The van der Waals surface area contributed by atoms with Crippen LogP contribution in [0.3, 0.4) is 0 Å². The highest BCUT2D eigenvalue weighted by atomic mass is 16.1. The molecule has 0 spiro atoms. The summed E-state index contributed by atoms with van der Waals surface area (Å²) in [4.78, 5) is 12.2. The van der Waals surface area contributed by atoms with Crippen LogP contribution in [0, 0.1) is 23.2 Å². The predicted molar refractivity (Wildman–Crippen MR) is 83.5 cm³/mol. The third kappa shape index (κ3) is 3.55. The van der Waals surface area contributed by atoms with Crippen molar-refractivity contribution in [1.82, 2.24) is 10.6 Å². The molecule has 2 fully saturated rings. The third-order valence-electron chi connectivity index (χ3n) is 6.02. The molecular weight excluding hydrogens is 248 g/mol. The van der Waals surface area contributed by atoms with Crippen molar-refractivity contribution in [3.63, 3.8) is 0 Å². The van der Waals surface area contributed by atoms with Crippen LogP contribution in [-0.4, -0.2) is 25.0 Å². The second kappa shape index (κ2) is 6.46. The van der Waals surface area contributed by atoms with E-state index < -0.39 is 0 Å². The van der Waals surface area contributed by atoms with E-state index in [-0.39, 0.29) is 11.8 Å². The third-order valence-corrected chi connectivity index (χ3v) is 6.02. The van der Waals surface area contributed by atoms with Crippen molar-refractivity contribution in [2.24, 2.45) is 23.2 Å². The highest BCUT2D eigenvalue weighted by molar-refractivity contribution is 5.79. The summed E-state index contributed by atoms with van der Waals surface area (Å²) < 4.78 is 0.